The van der Waals surface area contributed by atoms with Crippen LogP contribution in [-0.2, 0) is 28.8 Å². The van der Waals surface area contributed by atoms with E-state index in [0.717, 1.165) is 0 Å². The van der Waals surface area contributed by atoms with Crippen molar-refractivity contribution in [2.45, 2.75) is 50.4 Å². The van der Waals surface area contributed by atoms with Crippen LogP contribution < -0.4 is 21.7 Å². The summed E-state index contributed by atoms with van der Waals surface area (Å²) in [5.41, 5.74) is 5.53. The summed E-state index contributed by atoms with van der Waals surface area (Å²) in [5.74, 6) is -6.95. The van der Waals surface area contributed by atoms with Gasteiger partial charge in [0, 0.05) is 12.2 Å². The van der Waals surface area contributed by atoms with Gasteiger partial charge in [0.05, 0.1) is 12.5 Å². The van der Waals surface area contributed by atoms with Gasteiger partial charge in [-0.25, -0.2) is 4.79 Å². The van der Waals surface area contributed by atoms with Crippen molar-refractivity contribution in [1.82, 2.24) is 16.0 Å². The fraction of sp³-hybridized carbons (Fsp3) is 0.600. The van der Waals surface area contributed by atoms with Crippen LogP contribution in [0.5, 0.6) is 0 Å². The second kappa shape index (κ2) is 12.6. The Labute approximate surface area is 170 Å². The molecule has 4 unspecified atom stereocenters. The van der Waals surface area contributed by atoms with Crippen LogP contribution in [0.3, 0.4) is 0 Å². The van der Waals surface area contributed by atoms with E-state index >= 15 is 0 Å². The number of amides is 3. The summed E-state index contributed by atoms with van der Waals surface area (Å²) in [6.45, 7) is 1.29. The fourth-order valence-electron chi connectivity index (χ4n) is 1.93. The lowest BCUT2D eigenvalue weighted by Gasteiger charge is -2.22. The van der Waals surface area contributed by atoms with Crippen molar-refractivity contribution in [1.29, 1.82) is 0 Å². The standard InChI is InChI=1S/C15H24N4O9S/c1-6(17-13(25)7(16)2-3-10(20)21)12(24)19-9(5-29)14(26)18-8(15(27)28)4-11(22)23/h6-9,29H,2-5,16H2,1H3,(H,17,25)(H,18,26)(H,19,24)(H,20,21)(H,22,23)(H,27,28). The number of carboxylic acid groups (broad SMARTS) is 3. The van der Waals surface area contributed by atoms with E-state index in [4.69, 9.17) is 21.1 Å². The Kier molecular flexibility index (Phi) is 11.3. The molecular formula is C15H24N4O9S. The van der Waals surface area contributed by atoms with Crippen LogP contribution in [0.1, 0.15) is 26.2 Å². The number of nitrogens with two attached hydrogens (primary N) is 1. The first kappa shape index (κ1) is 26.1. The van der Waals surface area contributed by atoms with Crippen LogP contribution in [0.25, 0.3) is 0 Å². The third-order valence-electron chi connectivity index (χ3n) is 3.57. The molecule has 0 aliphatic rings. The van der Waals surface area contributed by atoms with Crippen molar-refractivity contribution in [2.75, 3.05) is 5.75 Å². The molecule has 0 aromatic rings. The molecule has 0 spiro atoms. The van der Waals surface area contributed by atoms with Gasteiger partial charge in [-0.1, -0.05) is 0 Å². The molecule has 8 N–H and O–H groups in total. The Morgan fingerprint density at radius 2 is 1.41 bits per heavy atom. The van der Waals surface area contributed by atoms with Crippen molar-refractivity contribution in [3.8, 4) is 0 Å². The molecule has 0 saturated carbocycles. The first-order valence-electron chi connectivity index (χ1n) is 8.33. The summed E-state index contributed by atoms with van der Waals surface area (Å²) in [7, 11) is 0. The maximum absolute atomic E-state index is 12.2. The van der Waals surface area contributed by atoms with Crippen molar-refractivity contribution in [3.63, 3.8) is 0 Å². The number of carbonyl (C=O) groups excluding carboxylic acids is 3. The first-order valence-corrected chi connectivity index (χ1v) is 8.96. The maximum Gasteiger partial charge on any atom is 0.326 e. The van der Waals surface area contributed by atoms with E-state index in [0.29, 0.717) is 0 Å². The Morgan fingerprint density at radius 1 is 0.862 bits per heavy atom. The van der Waals surface area contributed by atoms with Gasteiger partial charge in [0.1, 0.15) is 18.1 Å². The number of carboxylic acids is 3. The summed E-state index contributed by atoms with van der Waals surface area (Å²) in [6.07, 6.45) is -1.34. The van der Waals surface area contributed by atoms with E-state index in [1.165, 1.54) is 6.92 Å². The van der Waals surface area contributed by atoms with Crippen LogP contribution >= 0.6 is 12.6 Å². The van der Waals surface area contributed by atoms with Gasteiger partial charge in [-0.2, -0.15) is 12.6 Å². The summed E-state index contributed by atoms with van der Waals surface area (Å²) in [6, 6.07) is -5.31. The molecular weight excluding hydrogens is 412 g/mol. The minimum absolute atomic E-state index is 0.142. The first-order chi connectivity index (χ1) is 13.4. The molecule has 0 heterocycles. The van der Waals surface area contributed by atoms with Crippen LogP contribution in [0.4, 0.5) is 0 Å². The molecule has 0 bridgehead atoms. The van der Waals surface area contributed by atoms with E-state index in [1.54, 1.807) is 0 Å². The zero-order valence-corrected chi connectivity index (χ0v) is 16.3. The Balaban J connectivity index is 4.81. The number of hydrogen-bond acceptors (Lipinski definition) is 8. The van der Waals surface area contributed by atoms with E-state index in [2.05, 4.69) is 23.3 Å². The average Bonchev–Trinajstić information content (AvgIpc) is 2.62. The second-order valence-electron chi connectivity index (χ2n) is 6.01. The number of thiol groups is 1. The quantitative estimate of drug-likeness (QED) is 0.138. The average molecular weight is 436 g/mol. The molecule has 164 valence electrons. The number of hydrogen-bond donors (Lipinski definition) is 8. The number of nitrogens with one attached hydrogen (secondary N) is 3. The van der Waals surface area contributed by atoms with Crippen molar-refractivity contribution in [3.05, 3.63) is 0 Å². The van der Waals surface area contributed by atoms with E-state index in [9.17, 15) is 28.8 Å². The fourth-order valence-corrected chi connectivity index (χ4v) is 2.19. The third kappa shape index (κ3) is 10.3. The molecule has 3 amide bonds. The zero-order chi connectivity index (χ0) is 22.7. The Hall–Kier alpha value is -2.87. The lowest BCUT2D eigenvalue weighted by molar-refractivity contribution is -0.147. The SMILES string of the molecule is CC(NC(=O)C(N)CCC(=O)O)C(=O)NC(CS)C(=O)NC(CC(=O)O)C(=O)O. The highest BCUT2D eigenvalue weighted by molar-refractivity contribution is 7.80. The molecule has 0 aliphatic carbocycles. The topological polar surface area (TPSA) is 225 Å². The molecule has 0 aromatic heterocycles. The van der Waals surface area contributed by atoms with Gasteiger partial charge < -0.3 is 37.0 Å². The highest BCUT2D eigenvalue weighted by atomic mass is 32.1. The van der Waals surface area contributed by atoms with E-state index in [1.807, 2.05) is 5.32 Å². The lowest BCUT2D eigenvalue weighted by atomic mass is 10.1. The molecule has 0 radical (unpaired) electrons. The predicted octanol–water partition coefficient (Wildman–Crippen LogP) is -2.86. The summed E-state index contributed by atoms with van der Waals surface area (Å²) < 4.78 is 0. The predicted molar refractivity (Wildman–Crippen MR) is 100 cm³/mol. The van der Waals surface area contributed by atoms with Crippen molar-refractivity contribution in [2.24, 2.45) is 5.73 Å². The Bertz CT molecular complexity index is 658. The van der Waals surface area contributed by atoms with Gasteiger partial charge in [-0.3, -0.25) is 24.0 Å². The molecule has 0 aliphatic heterocycles. The van der Waals surface area contributed by atoms with E-state index < -0.39 is 66.2 Å². The second-order valence-corrected chi connectivity index (χ2v) is 6.38. The highest BCUT2D eigenvalue weighted by Gasteiger charge is 2.29. The number of aliphatic carboxylic acids is 3. The van der Waals surface area contributed by atoms with Gasteiger partial charge in [-0.15, -0.1) is 0 Å². The molecule has 0 rings (SSSR count). The van der Waals surface area contributed by atoms with Crippen molar-refractivity contribution < 1.29 is 44.1 Å². The van der Waals surface area contributed by atoms with Gasteiger partial charge >= 0.3 is 17.9 Å². The largest absolute Gasteiger partial charge is 0.481 e. The molecule has 13 nitrogen and oxygen atoms in total. The summed E-state index contributed by atoms with van der Waals surface area (Å²) >= 11 is 3.89. The van der Waals surface area contributed by atoms with Crippen molar-refractivity contribution >= 4 is 48.3 Å². The van der Waals surface area contributed by atoms with Gasteiger partial charge in [0.15, 0.2) is 0 Å². The minimum Gasteiger partial charge on any atom is -0.481 e. The molecule has 29 heavy (non-hydrogen) atoms. The zero-order valence-electron chi connectivity index (χ0n) is 15.5. The molecule has 14 heteroatoms. The normalized spacial score (nSPS) is 14.6. The van der Waals surface area contributed by atoms with Crippen LogP contribution in [0.2, 0.25) is 0 Å². The maximum atomic E-state index is 12.2. The number of carbonyl (C=O) groups is 6. The smallest absolute Gasteiger partial charge is 0.326 e. The van der Waals surface area contributed by atoms with E-state index in [-0.39, 0.29) is 18.6 Å². The van der Waals surface area contributed by atoms with Gasteiger partial charge in [0.2, 0.25) is 17.7 Å². The molecule has 4 atom stereocenters. The van der Waals surface area contributed by atoms with Crippen LogP contribution in [0.15, 0.2) is 0 Å². The van der Waals surface area contributed by atoms with Crippen LogP contribution in [0, 0.1) is 0 Å². The summed E-state index contributed by atoms with van der Waals surface area (Å²) in [4.78, 5) is 68.3. The minimum atomic E-state index is -1.70. The summed E-state index contributed by atoms with van der Waals surface area (Å²) in [5, 5.41) is 32.7. The third-order valence-corrected chi connectivity index (χ3v) is 3.93. The number of rotatable bonds is 13. The van der Waals surface area contributed by atoms with Gasteiger partial charge in [-0.05, 0) is 13.3 Å². The molecule has 0 aromatic carbocycles. The molecule has 0 fully saturated rings. The monoisotopic (exact) mass is 436 g/mol. The highest BCUT2D eigenvalue weighted by Crippen LogP contribution is 1.99. The molecule has 0 saturated heterocycles. The Morgan fingerprint density at radius 3 is 1.86 bits per heavy atom. The lowest BCUT2D eigenvalue weighted by Crippen LogP contribution is -2.57. The van der Waals surface area contributed by atoms with Gasteiger partial charge in [0.25, 0.3) is 0 Å². The van der Waals surface area contributed by atoms with Crippen LogP contribution in [-0.4, -0.2) is 80.9 Å².